The monoisotopic (exact) mass is 577 g/mol. The minimum atomic E-state index is -2.58. The standard InChI is InChI=1S/C13H11.2C9H7.Hf/c1-3-7-12(8-4-1)11-13-9-5-2-6-10-13;2*1-2-5-9-7-3-6-8(9)4-1;/h1-11H;2*1-7H;. The Morgan fingerprint density at radius 1 is 0.469 bits per heavy atom. The maximum absolute atomic E-state index is 2.58. The molecule has 0 amide bonds. The Bertz CT molecular complexity index is 1190. The molecule has 0 heterocycles. The summed E-state index contributed by atoms with van der Waals surface area (Å²) in [6.07, 6.45) is 9.84. The Balaban J connectivity index is 1.57. The predicted octanol–water partition coefficient (Wildman–Crippen LogP) is 7.93. The number of allylic oxidation sites excluding steroid dienone is 2. The van der Waals surface area contributed by atoms with Crippen LogP contribution in [0, 0.1) is 0 Å². The van der Waals surface area contributed by atoms with Crippen LogP contribution in [0.5, 0.6) is 0 Å². The van der Waals surface area contributed by atoms with Crippen LogP contribution in [0.4, 0.5) is 0 Å². The van der Waals surface area contributed by atoms with Gasteiger partial charge in [0, 0.05) is 0 Å². The van der Waals surface area contributed by atoms with Crippen molar-refractivity contribution in [3.8, 4) is 0 Å². The normalized spacial score (nSPS) is 18.0. The zero-order valence-electron chi connectivity index (χ0n) is 17.9. The molecule has 0 bridgehead atoms. The maximum atomic E-state index is 2.54. The number of hydrogen-bond donors (Lipinski definition) is 0. The molecular weight excluding hydrogens is 551 g/mol. The fourth-order valence-electron chi connectivity index (χ4n) is 5.50. The van der Waals surface area contributed by atoms with E-state index in [0.29, 0.717) is 11.0 Å². The molecule has 1 heteroatoms. The summed E-state index contributed by atoms with van der Waals surface area (Å²) in [5.41, 5.74) is 8.88. The topological polar surface area (TPSA) is 0 Å². The quantitative estimate of drug-likeness (QED) is 0.212. The second-order valence-electron chi connectivity index (χ2n) is 8.69. The van der Waals surface area contributed by atoms with E-state index in [1.807, 2.05) is 0 Å². The van der Waals surface area contributed by atoms with Crippen molar-refractivity contribution in [2.24, 2.45) is 0 Å². The summed E-state index contributed by atoms with van der Waals surface area (Å²) in [5, 5.41) is 0. The van der Waals surface area contributed by atoms with E-state index in [4.69, 9.17) is 0 Å². The summed E-state index contributed by atoms with van der Waals surface area (Å²) in [4.78, 5) is 0. The first-order valence-electron chi connectivity index (χ1n) is 11.4. The van der Waals surface area contributed by atoms with Crippen molar-refractivity contribution in [1.82, 2.24) is 0 Å². The molecule has 0 radical (unpaired) electrons. The molecule has 153 valence electrons. The number of rotatable bonds is 5. The van der Waals surface area contributed by atoms with Crippen LogP contribution in [-0.2, 0) is 21.4 Å². The third kappa shape index (κ3) is 3.49. The van der Waals surface area contributed by atoms with Gasteiger partial charge in [0.2, 0.25) is 0 Å². The molecule has 6 rings (SSSR count). The van der Waals surface area contributed by atoms with Crippen molar-refractivity contribution < 1.29 is 21.4 Å². The van der Waals surface area contributed by atoms with Crippen LogP contribution in [0.25, 0.3) is 12.2 Å². The van der Waals surface area contributed by atoms with Crippen LogP contribution in [0.15, 0.2) is 121 Å². The van der Waals surface area contributed by atoms with Crippen molar-refractivity contribution in [3.63, 3.8) is 0 Å². The second-order valence-corrected chi connectivity index (χ2v) is 18.8. The van der Waals surface area contributed by atoms with E-state index in [2.05, 4.69) is 133 Å². The first-order valence-corrected chi connectivity index (χ1v) is 17.6. The van der Waals surface area contributed by atoms with Gasteiger partial charge in [-0.2, -0.15) is 0 Å². The Hall–Kier alpha value is -2.77. The molecule has 0 nitrogen and oxygen atoms in total. The third-order valence-electron chi connectivity index (χ3n) is 6.92. The number of hydrogen-bond acceptors (Lipinski definition) is 0. The van der Waals surface area contributed by atoms with Gasteiger partial charge >= 0.3 is 199 Å². The van der Waals surface area contributed by atoms with Gasteiger partial charge in [-0.25, -0.2) is 0 Å². The molecule has 0 N–H and O–H groups in total. The van der Waals surface area contributed by atoms with Crippen molar-refractivity contribution >= 4 is 12.2 Å². The van der Waals surface area contributed by atoms with Crippen molar-refractivity contribution in [2.75, 3.05) is 0 Å². The van der Waals surface area contributed by atoms with E-state index in [0.717, 1.165) is 0 Å². The summed E-state index contributed by atoms with van der Waals surface area (Å²) < 4.78 is 1.65. The van der Waals surface area contributed by atoms with E-state index < -0.39 is 21.4 Å². The molecule has 2 atom stereocenters. The number of fused-ring (bicyclic) bond motifs is 2. The molecule has 4 aromatic carbocycles. The molecule has 2 unspecified atom stereocenters. The van der Waals surface area contributed by atoms with Crippen LogP contribution in [0.3, 0.4) is 0 Å². The van der Waals surface area contributed by atoms with E-state index in [9.17, 15) is 0 Å². The molecule has 0 saturated heterocycles. The number of benzene rings is 4. The van der Waals surface area contributed by atoms with Crippen LogP contribution >= 0.6 is 0 Å². The van der Waals surface area contributed by atoms with E-state index in [1.54, 1.807) is 11.1 Å². The molecule has 4 aromatic rings. The Kier molecular flexibility index (Phi) is 5.37. The molecule has 0 fully saturated rings. The zero-order valence-corrected chi connectivity index (χ0v) is 21.5. The van der Waals surface area contributed by atoms with Gasteiger partial charge in [-0.05, 0) is 0 Å². The second kappa shape index (κ2) is 8.64. The predicted molar refractivity (Wildman–Crippen MR) is 131 cm³/mol. The Morgan fingerprint density at radius 3 is 1.34 bits per heavy atom. The van der Waals surface area contributed by atoms with Crippen LogP contribution in [0.1, 0.15) is 44.4 Å². The fraction of sp³-hybridized carbons (Fsp3) is 0.0968. The summed E-state index contributed by atoms with van der Waals surface area (Å²) in [6, 6.07) is 40.7. The average Bonchev–Trinajstić information content (AvgIpc) is 3.48. The zero-order chi connectivity index (χ0) is 21.3. The van der Waals surface area contributed by atoms with Crippen LogP contribution in [-0.4, -0.2) is 0 Å². The van der Waals surface area contributed by atoms with Gasteiger partial charge in [0.1, 0.15) is 0 Å². The fourth-order valence-corrected chi connectivity index (χ4v) is 20.4. The molecule has 0 spiro atoms. The van der Waals surface area contributed by atoms with Gasteiger partial charge in [-0.3, -0.25) is 0 Å². The molecule has 2 aliphatic rings. The average molecular weight is 576 g/mol. The molecule has 0 saturated carbocycles. The van der Waals surface area contributed by atoms with Crippen molar-refractivity contribution in [2.45, 2.75) is 11.0 Å². The van der Waals surface area contributed by atoms with Crippen molar-refractivity contribution in [1.29, 1.82) is 0 Å². The first-order chi connectivity index (χ1) is 15.9. The molecular formula is C31H25Hf. The molecule has 0 aliphatic heterocycles. The summed E-state index contributed by atoms with van der Waals surface area (Å²) in [5.74, 6) is 0. The molecule has 32 heavy (non-hydrogen) atoms. The van der Waals surface area contributed by atoms with Crippen LogP contribution < -0.4 is 0 Å². The first kappa shape index (κ1) is 19.9. The SMILES string of the molecule is C1=C[CH]([Hf]([CH]2C=Cc3ccccc32)[CH](c2ccccc2)c2ccccc2)c2ccccc21. The van der Waals surface area contributed by atoms with Gasteiger partial charge in [-0.1, -0.05) is 0 Å². The Labute approximate surface area is 198 Å². The Morgan fingerprint density at radius 2 is 0.875 bits per heavy atom. The third-order valence-corrected chi connectivity index (χ3v) is 20.5. The molecule has 2 aliphatic carbocycles. The van der Waals surface area contributed by atoms with Crippen molar-refractivity contribution in [3.05, 3.63) is 155 Å². The summed E-state index contributed by atoms with van der Waals surface area (Å²) >= 11 is -2.58. The summed E-state index contributed by atoms with van der Waals surface area (Å²) in [7, 11) is 0. The van der Waals surface area contributed by atoms with Gasteiger partial charge in [-0.15, -0.1) is 0 Å². The van der Waals surface area contributed by atoms with E-state index in [-0.39, 0.29) is 0 Å². The van der Waals surface area contributed by atoms with E-state index >= 15 is 0 Å². The van der Waals surface area contributed by atoms with Gasteiger partial charge in [0.05, 0.1) is 0 Å². The van der Waals surface area contributed by atoms with Gasteiger partial charge in [0.15, 0.2) is 0 Å². The van der Waals surface area contributed by atoms with E-state index in [1.165, 1.54) is 22.3 Å². The molecule has 0 aromatic heterocycles. The minimum absolute atomic E-state index is 0.504. The van der Waals surface area contributed by atoms with Gasteiger partial charge < -0.3 is 0 Å². The summed E-state index contributed by atoms with van der Waals surface area (Å²) in [6.45, 7) is 0. The van der Waals surface area contributed by atoms with Gasteiger partial charge in [0.25, 0.3) is 0 Å². The van der Waals surface area contributed by atoms with Crippen LogP contribution in [0.2, 0.25) is 0 Å².